The molecule has 1 heterocycles. The molecule has 0 fully saturated rings. The SMILES string of the molecule is O=C(COc1ccc(Cl)c2cccnc12)Nc1cc(F)ccc1F. The van der Waals surface area contributed by atoms with E-state index in [0.29, 0.717) is 21.7 Å². The van der Waals surface area contributed by atoms with Crippen molar-refractivity contribution < 1.29 is 18.3 Å². The third-order valence-corrected chi connectivity index (χ3v) is 3.57. The Morgan fingerprint density at radius 3 is 2.88 bits per heavy atom. The van der Waals surface area contributed by atoms with Crippen LogP contribution >= 0.6 is 11.6 Å². The molecule has 0 bridgehead atoms. The van der Waals surface area contributed by atoms with Crippen LogP contribution in [0.1, 0.15) is 0 Å². The normalized spacial score (nSPS) is 10.6. The molecule has 0 saturated heterocycles. The fourth-order valence-corrected chi connectivity index (χ4v) is 2.37. The van der Waals surface area contributed by atoms with E-state index in [2.05, 4.69) is 10.3 Å². The Morgan fingerprint density at radius 2 is 2.04 bits per heavy atom. The number of aromatic nitrogens is 1. The minimum Gasteiger partial charge on any atom is -0.481 e. The maximum Gasteiger partial charge on any atom is 0.262 e. The minimum absolute atomic E-state index is 0.248. The largest absolute Gasteiger partial charge is 0.481 e. The van der Waals surface area contributed by atoms with Crippen molar-refractivity contribution in [1.82, 2.24) is 4.98 Å². The van der Waals surface area contributed by atoms with Crippen LogP contribution in [0.15, 0.2) is 48.7 Å². The summed E-state index contributed by atoms with van der Waals surface area (Å²) >= 11 is 6.08. The molecule has 3 rings (SSSR count). The van der Waals surface area contributed by atoms with Crippen LogP contribution in [0, 0.1) is 11.6 Å². The summed E-state index contributed by atoms with van der Waals surface area (Å²) in [4.78, 5) is 16.1. The molecule has 122 valence electrons. The zero-order chi connectivity index (χ0) is 17.1. The van der Waals surface area contributed by atoms with Gasteiger partial charge >= 0.3 is 0 Å². The average Bonchev–Trinajstić information content (AvgIpc) is 2.58. The second-order valence-corrected chi connectivity index (χ2v) is 5.31. The molecule has 0 aliphatic carbocycles. The van der Waals surface area contributed by atoms with Gasteiger partial charge in [-0.15, -0.1) is 0 Å². The smallest absolute Gasteiger partial charge is 0.262 e. The van der Waals surface area contributed by atoms with E-state index in [0.717, 1.165) is 18.2 Å². The number of carbonyl (C=O) groups excluding carboxylic acids is 1. The van der Waals surface area contributed by atoms with E-state index in [1.54, 1.807) is 30.5 Å². The summed E-state index contributed by atoms with van der Waals surface area (Å²) < 4.78 is 32.0. The van der Waals surface area contributed by atoms with Gasteiger partial charge in [0.05, 0.1) is 10.7 Å². The van der Waals surface area contributed by atoms with Crippen LogP contribution in [-0.4, -0.2) is 17.5 Å². The van der Waals surface area contributed by atoms with Gasteiger partial charge in [0.2, 0.25) is 0 Å². The molecule has 7 heteroatoms. The van der Waals surface area contributed by atoms with E-state index in [1.165, 1.54) is 0 Å². The summed E-state index contributed by atoms with van der Waals surface area (Å²) in [6.07, 6.45) is 1.58. The van der Waals surface area contributed by atoms with E-state index in [1.807, 2.05) is 0 Å². The molecule has 1 amide bonds. The van der Waals surface area contributed by atoms with Crippen LogP contribution < -0.4 is 10.1 Å². The molecule has 1 aromatic heterocycles. The lowest BCUT2D eigenvalue weighted by atomic mass is 10.2. The molecular weight excluding hydrogens is 338 g/mol. The molecule has 1 N–H and O–H groups in total. The monoisotopic (exact) mass is 348 g/mol. The van der Waals surface area contributed by atoms with E-state index in [9.17, 15) is 13.6 Å². The molecule has 0 atom stereocenters. The van der Waals surface area contributed by atoms with Crippen LogP contribution in [-0.2, 0) is 4.79 Å². The Hall–Kier alpha value is -2.73. The molecule has 0 radical (unpaired) electrons. The Balaban J connectivity index is 1.73. The van der Waals surface area contributed by atoms with Gasteiger partial charge < -0.3 is 10.1 Å². The van der Waals surface area contributed by atoms with Gasteiger partial charge in [-0.05, 0) is 36.4 Å². The van der Waals surface area contributed by atoms with Gasteiger partial charge in [0.15, 0.2) is 6.61 Å². The zero-order valence-corrected chi connectivity index (χ0v) is 13.0. The van der Waals surface area contributed by atoms with Gasteiger partial charge in [-0.25, -0.2) is 8.78 Å². The van der Waals surface area contributed by atoms with Gasteiger partial charge in [-0.3, -0.25) is 9.78 Å². The molecule has 0 saturated carbocycles. The molecule has 4 nitrogen and oxygen atoms in total. The number of anilines is 1. The summed E-state index contributed by atoms with van der Waals surface area (Å²) in [6.45, 7) is -0.386. The average molecular weight is 349 g/mol. The van der Waals surface area contributed by atoms with Crippen molar-refractivity contribution in [3.63, 3.8) is 0 Å². The second-order valence-electron chi connectivity index (χ2n) is 4.91. The number of hydrogen-bond donors (Lipinski definition) is 1. The second kappa shape index (κ2) is 6.80. The van der Waals surface area contributed by atoms with Gasteiger partial charge in [0.25, 0.3) is 5.91 Å². The summed E-state index contributed by atoms with van der Waals surface area (Å²) in [7, 11) is 0. The molecule has 0 aliphatic heterocycles. The fraction of sp³-hybridized carbons (Fsp3) is 0.0588. The van der Waals surface area contributed by atoms with E-state index in [-0.39, 0.29) is 12.3 Å². The third kappa shape index (κ3) is 3.44. The first-order chi connectivity index (χ1) is 11.5. The number of nitrogens with one attached hydrogen (secondary N) is 1. The standard InChI is InChI=1S/C17H11ClF2N2O2/c18-12-4-6-15(17-11(12)2-1-7-21-17)24-9-16(23)22-14-8-10(19)3-5-13(14)20/h1-8H,9H2,(H,22,23). The molecule has 0 spiro atoms. The topological polar surface area (TPSA) is 51.2 Å². The molecule has 24 heavy (non-hydrogen) atoms. The zero-order valence-electron chi connectivity index (χ0n) is 12.2. The number of fused-ring (bicyclic) bond motifs is 1. The highest BCUT2D eigenvalue weighted by Crippen LogP contribution is 2.29. The van der Waals surface area contributed by atoms with Crippen molar-refractivity contribution in [3.8, 4) is 5.75 Å². The summed E-state index contributed by atoms with van der Waals surface area (Å²) in [6, 6.07) is 9.53. The van der Waals surface area contributed by atoms with Crippen LogP contribution in [0.5, 0.6) is 5.75 Å². The number of ether oxygens (including phenoxy) is 1. The Kier molecular flexibility index (Phi) is 4.57. The lowest BCUT2D eigenvalue weighted by Gasteiger charge is -2.10. The van der Waals surface area contributed by atoms with Crippen LogP contribution in [0.3, 0.4) is 0 Å². The first-order valence-corrected chi connectivity index (χ1v) is 7.33. The van der Waals surface area contributed by atoms with Crippen molar-refractivity contribution in [2.45, 2.75) is 0 Å². The minimum atomic E-state index is -0.733. The quantitative estimate of drug-likeness (QED) is 0.769. The first-order valence-electron chi connectivity index (χ1n) is 6.95. The van der Waals surface area contributed by atoms with Gasteiger partial charge in [-0.1, -0.05) is 11.6 Å². The summed E-state index contributed by atoms with van der Waals surface area (Å²) in [5.41, 5.74) is 0.262. The summed E-state index contributed by atoms with van der Waals surface area (Å²) in [5, 5.41) is 3.45. The number of rotatable bonds is 4. The van der Waals surface area contributed by atoms with Crippen LogP contribution in [0.4, 0.5) is 14.5 Å². The summed E-state index contributed by atoms with van der Waals surface area (Å²) in [5.74, 6) is -1.65. The van der Waals surface area contributed by atoms with E-state index >= 15 is 0 Å². The first kappa shape index (κ1) is 16.1. The van der Waals surface area contributed by atoms with E-state index < -0.39 is 17.5 Å². The van der Waals surface area contributed by atoms with E-state index in [4.69, 9.17) is 16.3 Å². The maximum atomic E-state index is 13.5. The number of benzene rings is 2. The molecule has 3 aromatic rings. The predicted molar refractivity (Wildman–Crippen MR) is 87.2 cm³/mol. The molecule has 2 aromatic carbocycles. The lowest BCUT2D eigenvalue weighted by Crippen LogP contribution is -2.21. The number of halogens is 3. The van der Waals surface area contributed by atoms with Gasteiger partial charge in [-0.2, -0.15) is 0 Å². The maximum absolute atomic E-state index is 13.5. The van der Waals surface area contributed by atoms with Crippen molar-refractivity contribution in [2.24, 2.45) is 0 Å². The van der Waals surface area contributed by atoms with Crippen molar-refractivity contribution >= 4 is 34.1 Å². The number of nitrogens with zero attached hydrogens (tertiary/aromatic N) is 1. The number of pyridine rings is 1. The Labute approximate surface area is 141 Å². The fourth-order valence-electron chi connectivity index (χ4n) is 2.15. The van der Waals surface area contributed by atoms with Crippen molar-refractivity contribution in [1.29, 1.82) is 0 Å². The molecule has 0 aliphatic rings. The molecular formula is C17H11ClF2N2O2. The molecule has 0 unspecified atom stereocenters. The number of hydrogen-bond acceptors (Lipinski definition) is 3. The number of amides is 1. The highest BCUT2D eigenvalue weighted by molar-refractivity contribution is 6.35. The van der Waals surface area contributed by atoms with Crippen LogP contribution in [0.25, 0.3) is 10.9 Å². The van der Waals surface area contributed by atoms with Crippen molar-refractivity contribution in [3.05, 3.63) is 65.3 Å². The predicted octanol–water partition coefficient (Wildman–Crippen LogP) is 4.18. The Morgan fingerprint density at radius 1 is 1.21 bits per heavy atom. The van der Waals surface area contributed by atoms with Crippen molar-refractivity contribution in [2.75, 3.05) is 11.9 Å². The van der Waals surface area contributed by atoms with Gasteiger partial charge in [0.1, 0.15) is 22.9 Å². The lowest BCUT2D eigenvalue weighted by molar-refractivity contribution is -0.118. The highest BCUT2D eigenvalue weighted by atomic mass is 35.5. The van der Waals surface area contributed by atoms with Gasteiger partial charge in [0, 0.05) is 17.6 Å². The number of carbonyl (C=O) groups is 1. The van der Waals surface area contributed by atoms with Crippen LogP contribution in [0.2, 0.25) is 5.02 Å². The Bertz CT molecular complexity index is 918. The highest BCUT2D eigenvalue weighted by Gasteiger charge is 2.11. The third-order valence-electron chi connectivity index (χ3n) is 3.24.